The molecule has 4 nitrogen and oxygen atoms in total. The van der Waals surface area contributed by atoms with Crippen LogP contribution >= 0.6 is 11.3 Å². The summed E-state index contributed by atoms with van der Waals surface area (Å²) in [7, 11) is 0. The maximum absolute atomic E-state index is 10.7. The van der Waals surface area contributed by atoms with E-state index in [4.69, 9.17) is 5.11 Å². The first kappa shape index (κ1) is 9.79. The average Bonchev–Trinajstić information content (AvgIpc) is 2.66. The molecule has 0 bridgehead atoms. The van der Waals surface area contributed by atoms with E-state index in [9.17, 15) is 4.79 Å². The van der Waals surface area contributed by atoms with Crippen molar-refractivity contribution in [2.75, 3.05) is 0 Å². The Balaban J connectivity index is 2.41. The van der Waals surface area contributed by atoms with Gasteiger partial charge in [0.05, 0.1) is 6.20 Å². The summed E-state index contributed by atoms with van der Waals surface area (Å²) >= 11 is 1.16. The standard InChI is InChI=1S/C10H8N2O2S/c1-6-4-7(2-3-11-6)9-12-5-8(15-9)10(13)14/h2-5H,1H3,(H,13,14). The van der Waals surface area contributed by atoms with Crippen molar-refractivity contribution in [2.24, 2.45) is 0 Å². The third kappa shape index (κ3) is 2.02. The highest BCUT2D eigenvalue weighted by molar-refractivity contribution is 7.16. The number of nitrogens with zero attached hydrogens (tertiary/aromatic N) is 2. The first-order chi connectivity index (χ1) is 7.16. The van der Waals surface area contributed by atoms with Gasteiger partial charge in [-0.25, -0.2) is 9.78 Å². The Labute approximate surface area is 90.3 Å². The molecule has 0 fully saturated rings. The van der Waals surface area contributed by atoms with Crippen LogP contribution in [0, 0.1) is 6.92 Å². The van der Waals surface area contributed by atoms with Gasteiger partial charge in [0.1, 0.15) is 9.88 Å². The van der Waals surface area contributed by atoms with Crippen molar-refractivity contribution in [2.45, 2.75) is 6.92 Å². The molecule has 76 valence electrons. The van der Waals surface area contributed by atoms with Crippen LogP contribution in [-0.2, 0) is 0 Å². The summed E-state index contributed by atoms with van der Waals surface area (Å²) in [6.45, 7) is 1.88. The van der Waals surface area contributed by atoms with E-state index in [1.54, 1.807) is 6.20 Å². The molecule has 1 N–H and O–H groups in total. The third-order valence-corrected chi connectivity index (χ3v) is 2.89. The fourth-order valence-electron chi connectivity index (χ4n) is 1.19. The molecular weight excluding hydrogens is 212 g/mol. The number of carbonyl (C=O) groups is 1. The molecule has 0 aliphatic rings. The number of thiazole rings is 1. The van der Waals surface area contributed by atoms with Gasteiger partial charge >= 0.3 is 5.97 Å². The van der Waals surface area contributed by atoms with E-state index in [-0.39, 0.29) is 4.88 Å². The fraction of sp³-hybridized carbons (Fsp3) is 0.100. The van der Waals surface area contributed by atoms with Gasteiger partial charge in [-0.2, -0.15) is 0 Å². The lowest BCUT2D eigenvalue weighted by atomic mass is 10.2. The molecular formula is C10H8N2O2S. The van der Waals surface area contributed by atoms with E-state index >= 15 is 0 Å². The largest absolute Gasteiger partial charge is 0.477 e. The van der Waals surface area contributed by atoms with E-state index in [0.717, 1.165) is 22.6 Å². The quantitative estimate of drug-likeness (QED) is 0.842. The molecule has 0 aromatic carbocycles. The van der Waals surface area contributed by atoms with Gasteiger partial charge in [0.25, 0.3) is 0 Å². The molecule has 2 rings (SSSR count). The number of aromatic carboxylic acids is 1. The summed E-state index contributed by atoms with van der Waals surface area (Å²) < 4.78 is 0. The van der Waals surface area contributed by atoms with Crippen molar-refractivity contribution in [1.29, 1.82) is 0 Å². The topological polar surface area (TPSA) is 63.1 Å². The number of carboxylic acids is 1. The van der Waals surface area contributed by atoms with Gasteiger partial charge in [0, 0.05) is 17.5 Å². The molecule has 0 spiro atoms. The zero-order chi connectivity index (χ0) is 10.8. The zero-order valence-electron chi connectivity index (χ0n) is 7.97. The van der Waals surface area contributed by atoms with Gasteiger partial charge in [0.15, 0.2) is 0 Å². The molecule has 0 radical (unpaired) electrons. The van der Waals surface area contributed by atoms with E-state index in [1.807, 2.05) is 19.1 Å². The lowest BCUT2D eigenvalue weighted by molar-refractivity contribution is 0.0702. The molecule has 2 heterocycles. The molecule has 0 unspecified atom stereocenters. The minimum Gasteiger partial charge on any atom is -0.477 e. The highest BCUT2D eigenvalue weighted by Crippen LogP contribution is 2.24. The SMILES string of the molecule is Cc1cc(-c2ncc(C(=O)O)s2)ccn1. The molecule has 0 saturated carbocycles. The zero-order valence-corrected chi connectivity index (χ0v) is 8.78. The maximum Gasteiger partial charge on any atom is 0.347 e. The lowest BCUT2D eigenvalue weighted by Gasteiger charge is -1.95. The maximum atomic E-state index is 10.7. The molecule has 0 atom stereocenters. The Morgan fingerprint density at radius 1 is 1.47 bits per heavy atom. The van der Waals surface area contributed by atoms with Gasteiger partial charge in [-0.1, -0.05) is 0 Å². The van der Waals surface area contributed by atoms with Crippen LogP contribution in [0.1, 0.15) is 15.4 Å². The van der Waals surface area contributed by atoms with Crippen LogP contribution in [0.5, 0.6) is 0 Å². The number of pyridine rings is 1. The number of rotatable bonds is 2. The van der Waals surface area contributed by atoms with E-state index < -0.39 is 5.97 Å². The van der Waals surface area contributed by atoms with Crippen molar-refractivity contribution in [3.05, 3.63) is 35.1 Å². The Bertz CT molecular complexity index is 508. The molecule has 0 aliphatic heterocycles. The first-order valence-corrected chi connectivity index (χ1v) is 5.10. The van der Waals surface area contributed by atoms with E-state index in [0.29, 0.717) is 5.01 Å². The fourth-order valence-corrected chi connectivity index (χ4v) is 1.94. The van der Waals surface area contributed by atoms with Gasteiger partial charge in [0.2, 0.25) is 0 Å². The van der Waals surface area contributed by atoms with Crippen LogP contribution in [0.4, 0.5) is 0 Å². The lowest BCUT2D eigenvalue weighted by Crippen LogP contribution is -1.89. The molecule has 0 aliphatic carbocycles. The monoisotopic (exact) mass is 220 g/mol. The van der Waals surface area contributed by atoms with Gasteiger partial charge in [-0.15, -0.1) is 11.3 Å². The first-order valence-electron chi connectivity index (χ1n) is 4.29. The number of aromatic nitrogens is 2. The summed E-state index contributed by atoms with van der Waals surface area (Å²) in [6, 6.07) is 3.70. The predicted molar refractivity (Wildman–Crippen MR) is 57.0 cm³/mol. The number of carboxylic acid groups (broad SMARTS) is 1. The number of hydrogen-bond acceptors (Lipinski definition) is 4. The second-order valence-electron chi connectivity index (χ2n) is 3.02. The number of hydrogen-bond donors (Lipinski definition) is 1. The normalized spacial score (nSPS) is 10.2. The van der Waals surface area contributed by atoms with Crippen LogP contribution in [0.2, 0.25) is 0 Å². The highest BCUT2D eigenvalue weighted by Gasteiger charge is 2.09. The summed E-state index contributed by atoms with van der Waals surface area (Å²) in [5.41, 5.74) is 1.79. The molecule has 0 amide bonds. The van der Waals surface area contributed by atoms with Crippen molar-refractivity contribution >= 4 is 17.3 Å². The predicted octanol–water partition coefficient (Wildman–Crippen LogP) is 2.21. The Morgan fingerprint density at radius 2 is 2.27 bits per heavy atom. The van der Waals surface area contributed by atoms with Crippen LogP contribution in [0.15, 0.2) is 24.5 Å². The molecule has 0 saturated heterocycles. The van der Waals surface area contributed by atoms with Crippen molar-refractivity contribution in [3.8, 4) is 10.6 Å². The average molecular weight is 220 g/mol. The van der Waals surface area contributed by atoms with Crippen LogP contribution in [-0.4, -0.2) is 21.0 Å². The molecule has 2 aromatic heterocycles. The van der Waals surface area contributed by atoms with Gasteiger partial charge in [-0.05, 0) is 19.1 Å². The Morgan fingerprint density at radius 3 is 2.87 bits per heavy atom. The summed E-state index contributed by atoms with van der Waals surface area (Å²) in [5, 5.41) is 9.46. The van der Waals surface area contributed by atoms with E-state index in [1.165, 1.54) is 6.20 Å². The summed E-state index contributed by atoms with van der Waals surface area (Å²) in [4.78, 5) is 19.0. The van der Waals surface area contributed by atoms with Crippen molar-refractivity contribution < 1.29 is 9.90 Å². The Hall–Kier alpha value is -1.75. The minimum absolute atomic E-state index is 0.250. The molecule has 15 heavy (non-hydrogen) atoms. The minimum atomic E-state index is -0.940. The van der Waals surface area contributed by atoms with Crippen LogP contribution in [0.3, 0.4) is 0 Å². The Kier molecular flexibility index (Phi) is 2.47. The summed E-state index contributed by atoms with van der Waals surface area (Å²) in [5.74, 6) is -0.940. The summed E-state index contributed by atoms with van der Waals surface area (Å²) in [6.07, 6.45) is 3.06. The second-order valence-corrected chi connectivity index (χ2v) is 4.05. The highest BCUT2D eigenvalue weighted by atomic mass is 32.1. The van der Waals surface area contributed by atoms with Crippen molar-refractivity contribution in [3.63, 3.8) is 0 Å². The van der Waals surface area contributed by atoms with Crippen LogP contribution in [0.25, 0.3) is 10.6 Å². The van der Waals surface area contributed by atoms with Crippen LogP contribution < -0.4 is 0 Å². The number of aryl methyl sites for hydroxylation is 1. The molecule has 2 aromatic rings. The van der Waals surface area contributed by atoms with Gasteiger partial charge in [-0.3, -0.25) is 4.98 Å². The third-order valence-electron chi connectivity index (χ3n) is 1.86. The van der Waals surface area contributed by atoms with E-state index in [2.05, 4.69) is 9.97 Å². The molecule has 5 heteroatoms. The van der Waals surface area contributed by atoms with Gasteiger partial charge < -0.3 is 5.11 Å². The van der Waals surface area contributed by atoms with Crippen molar-refractivity contribution in [1.82, 2.24) is 9.97 Å². The second kappa shape index (κ2) is 3.78. The smallest absolute Gasteiger partial charge is 0.347 e.